The zero-order valence-corrected chi connectivity index (χ0v) is 23.0. The topological polar surface area (TPSA) is 143 Å². The summed E-state index contributed by atoms with van der Waals surface area (Å²) in [7, 11) is 0. The van der Waals surface area contributed by atoms with Crippen LogP contribution in [-0.2, 0) is 4.79 Å². The van der Waals surface area contributed by atoms with E-state index < -0.39 is 11.7 Å². The number of amides is 2. The molecule has 0 spiro atoms. The number of carbonyl (C=O) groups is 2. The van der Waals surface area contributed by atoms with E-state index in [1.54, 1.807) is 28.9 Å². The van der Waals surface area contributed by atoms with E-state index in [1.807, 2.05) is 19.9 Å². The molecule has 0 unspecified atom stereocenters. The van der Waals surface area contributed by atoms with Crippen LogP contribution in [0.1, 0.15) is 52.5 Å². The van der Waals surface area contributed by atoms with Crippen molar-refractivity contribution in [2.75, 3.05) is 16.8 Å². The van der Waals surface area contributed by atoms with E-state index in [0.29, 0.717) is 41.0 Å². The molecule has 4 heterocycles. The molecule has 1 aliphatic carbocycles. The van der Waals surface area contributed by atoms with Crippen molar-refractivity contribution in [3.8, 4) is 17.3 Å². The fourth-order valence-electron chi connectivity index (χ4n) is 5.05. The van der Waals surface area contributed by atoms with E-state index in [1.165, 1.54) is 24.5 Å². The first-order chi connectivity index (χ1) is 19.7. The third-order valence-electron chi connectivity index (χ3n) is 7.44. The molecule has 206 valence electrons. The molecule has 41 heavy (non-hydrogen) atoms. The van der Waals surface area contributed by atoms with Crippen molar-refractivity contribution in [1.29, 1.82) is 5.26 Å². The first-order valence-corrected chi connectivity index (χ1v) is 13.3. The molecule has 11 nitrogen and oxygen atoms in total. The highest BCUT2D eigenvalue weighted by Gasteiger charge is 2.53. The lowest BCUT2D eigenvalue weighted by Crippen LogP contribution is -2.30. The van der Waals surface area contributed by atoms with Gasteiger partial charge in [0.15, 0.2) is 11.6 Å². The van der Waals surface area contributed by atoms with Gasteiger partial charge in [-0.3, -0.25) is 29.1 Å². The second-order valence-corrected chi connectivity index (χ2v) is 10.6. The zero-order valence-electron chi connectivity index (χ0n) is 22.3. The lowest BCUT2D eigenvalue weighted by Gasteiger charge is -2.20. The number of piperidine rings is 1. The summed E-state index contributed by atoms with van der Waals surface area (Å²) in [5, 5.41) is 16.4. The number of rotatable bonds is 6. The summed E-state index contributed by atoms with van der Waals surface area (Å²) in [5.74, 6) is -0.124. The molecular weight excluding hydrogens is 549 g/mol. The molecule has 1 N–H and O–H groups in total. The molecule has 4 aromatic rings. The van der Waals surface area contributed by atoms with Crippen LogP contribution in [0.2, 0.25) is 5.02 Å². The molecule has 1 aromatic carbocycles. The van der Waals surface area contributed by atoms with E-state index >= 15 is 0 Å². The molecule has 2 amide bonds. The summed E-state index contributed by atoms with van der Waals surface area (Å²) < 4.78 is 16.4. The Balaban J connectivity index is 1.20. The van der Waals surface area contributed by atoms with Crippen molar-refractivity contribution in [2.24, 2.45) is 11.8 Å². The summed E-state index contributed by atoms with van der Waals surface area (Å²) in [5.41, 5.74) is 1.86. The van der Waals surface area contributed by atoms with Crippen molar-refractivity contribution in [1.82, 2.24) is 29.7 Å². The number of hydrogen-bond donors (Lipinski definition) is 1. The lowest BCUT2D eigenvalue weighted by molar-refractivity contribution is -0.118. The highest BCUT2D eigenvalue weighted by atomic mass is 35.5. The van der Waals surface area contributed by atoms with Gasteiger partial charge in [-0.25, -0.2) is 14.4 Å². The minimum absolute atomic E-state index is 0.00617. The molecule has 1 saturated carbocycles. The summed E-state index contributed by atoms with van der Waals surface area (Å²) in [6, 6.07) is 4.26. The normalized spacial score (nSPS) is 18.1. The van der Waals surface area contributed by atoms with E-state index in [9.17, 15) is 19.2 Å². The summed E-state index contributed by atoms with van der Waals surface area (Å²) in [6.45, 7) is 6.01. The standard InChI is InChI=1S/C28H23ClFN9O2/c1-13-25(37-22(10-32-13)23-16(7-31)4-5-20(29)24(23)30)27(40)36-18-8-34-39(12-18)15(3)21-9-33-26(14(2)35-21)38-11-17-6-19(17)28(38)41/h4-5,8-10,12,15,17,19H,6,11H2,1-3H3,(H,36,40)/t15-,17-,19-/m1/s1. The average Bonchev–Trinajstić information content (AvgIpc) is 3.46. The SMILES string of the molecule is Cc1ncc(-c2c(C#N)ccc(Cl)c2F)nc1C(=O)Nc1cnn([C@H](C)c2cnc(N3C[C@H]4C[C@H]4C3=O)c(C)n2)c1. The van der Waals surface area contributed by atoms with E-state index in [0.717, 1.165) is 6.42 Å². The Labute approximate surface area is 239 Å². The van der Waals surface area contributed by atoms with Crippen LogP contribution >= 0.6 is 11.6 Å². The van der Waals surface area contributed by atoms with Gasteiger partial charge in [-0.15, -0.1) is 0 Å². The van der Waals surface area contributed by atoms with Crippen molar-refractivity contribution in [3.63, 3.8) is 0 Å². The van der Waals surface area contributed by atoms with Gasteiger partial charge < -0.3 is 5.32 Å². The average molecular weight is 572 g/mol. The van der Waals surface area contributed by atoms with Crippen LogP contribution in [-0.4, -0.2) is 48.1 Å². The smallest absolute Gasteiger partial charge is 0.276 e. The van der Waals surface area contributed by atoms with Gasteiger partial charge in [0, 0.05) is 18.7 Å². The van der Waals surface area contributed by atoms with Gasteiger partial charge in [-0.2, -0.15) is 10.4 Å². The number of benzene rings is 1. The van der Waals surface area contributed by atoms with Crippen LogP contribution in [0.4, 0.5) is 15.9 Å². The molecule has 3 aromatic heterocycles. The van der Waals surface area contributed by atoms with Crippen LogP contribution in [0, 0.1) is 42.8 Å². The highest BCUT2D eigenvalue weighted by molar-refractivity contribution is 6.31. The Hall–Kier alpha value is -4.76. The van der Waals surface area contributed by atoms with Crippen LogP contribution in [0.25, 0.3) is 11.3 Å². The highest BCUT2D eigenvalue weighted by Crippen LogP contribution is 2.47. The summed E-state index contributed by atoms with van der Waals surface area (Å²) >= 11 is 5.92. The van der Waals surface area contributed by atoms with Gasteiger partial charge in [0.25, 0.3) is 5.91 Å². The second kappa shape index (κ2) is 10.0. The Bertz CT molecular complexity index is 1780. The molecular formula is C28H23ClFN9O2. The minimum Gasteiger partial charge on any atom is -0.318 e. The van der Waals surface area contributed by atoms with Crippen molar-refractivity contribution >= 4 is 34.9 Å². The Morgan fingerprint density at radius 3 is 2.71 bits per heavy atom. The molecule has 1 aliphatic heterocycles. The number of nitrogens with zero attached hydrogens (tertiary/aromatic N) is 8. The lowest BCUT2D eigenvalue weighted by atomic mass is 10.0. The van der Waals surface area contributed by atoms with Crippen molar-refractivity contribution in [3.05, 3.63) is 76.1 Å². The maximum absolute atomic E-state index is 14.8. The van der Waals surface area contributed by atoms with Crippen LogP contribution in [0.15, 0.2) is 36.9 Å². The fourth-order valence-corrected chi connectivity index (χ4v) is 5.20. The number of halogens is 2. The number of hydrogen-bond acceptors (Lipinski definition) is 8. The molecule has 2 fully saturated rings. The quantitative estimate of drug-likeness (QED) is 0.362. The molecule has 13 heteroatoms. The van der Waals surface area contributed by atoms with Gasteiger partial charge in [0.05, 0.1) is 75.3 Å². The van der Waals surface area contributed by atoms with Crippen LogP contribution < -0.4 is 10.2 Å². The van der Waals surface area contributed by atoms with E-state index in [4.69, 9.17) is 11.6 Å². The minimum atomic E-state index is -0.819. The molecule has 6 rings (SSSR count). The molecule has 2 aliphatic rings. The molecule has 0 bridgehead atoms. The van der Waals surface area contributed by atoms with Crippen LogP contribution in [0.3, 0.4) is 0 Å². The van der Waals surface area contributed by atoms with Crippen molar-refractivity contribution < 1.29 is 14.0 Å². The van der Waals surface area contributed by atoms with E-state index in [2.05, 4.69) is 30.4 Å². The molecule has 0 radical (unpaired) electrons. The van der Waals surface area contributed by atoms with Gasteiger partial charge in [-0.05, 0) is 45.2 Å². The number of aryl methyl sites for hydroxylation is 2. The predicted octanol–water partition coefficient (Wildman–Crippen LogP) is 4.26. The second-order valence-electron chi connectivity index (χ2n) is 10.2. The van der Waals surface area contributed by atoms with Crippen molar-refractivity contribution in [2.45, 2.75) is 33.2 Å². The van der Waals surface area contributed by atoms with Gasteiger partial charge in [0.2, 0.25) is 5.91 Å². The number of aromatic nitrogens is 6. The fraction of sp³-hybridized carbons (Fsp3) is 0.286. The Kier molecular flexibility index (Phi) is 6.46. The number of nitrogens with one attached hydrogen (secondary N) is 1. The third-order valence-corrected chi connectivity index (χ3v) is 7.74. The van der Waals surface area contributed by atoms with E-state index in [-0.39, 0.29) is 45.4 Å². The zero-order chi connectivity index (χ0) is 29.0. The maximum Gasteiger partial charge on any atom is 0.276 e. The maximum atomic E-state index is 14.8. The Morgan fingerprint density at radius 1 is 1.20 bits per heavy atom. The number of anilines is 2. The third kappa shape index (κ3) is 4.68. The monoisotopic (exact) mass is 571 g/mol. The predicted molar refractivity (Wildman–Crippen MR) is 147 cm³/mol. The van der Waals surface area contributed by atoms with Gasteiger partial charge in [-0.1, -0.05) is 11.6 Å². The largest absolute Gasteiger partial charge is 0.318 e. The first kappa shape index (κ1) is 26.5. The van der Waals surface area contributed by atoms with Gasteiger partial charge in [0.1, 0.15) is 5.69 Å². The first-order valence-electron chi connectivity index (χ1n) is 12.9. The van der Waals surface area contributed by atoms with Crippen LogP contribution in [0.5, 0.6) is 0 Å². The molecule has 3 atom stereocenters. The summed E-state index contributed by atoms with van der Waals surface area (Å²) in [4.78, 5) is 45.0. The molecule has 1 saturated heterocycles. The Morgan fingerprint density at radius 2 is 2.00 bits per heavy atom. The van der Waals surface area contributed by atoms with Gasteiger partial charge >= 0.3 is 0 Å². The number of carbonyl (C=O) groups excluding carboxylic acids is 2. The number of nitriles is 1. The number of fused-ring (bicyclic) bond motifs is 1. The summed E-state index contributed by atoms with van der Waals surface area (Å²) in [6.07, 6.45) is 7.02.